The van der Waals surface area contributed by atoms with Gasteiger partial charge in [0.15, 0.2) is 0 Å². The Morgan fingerprint density at radius 1 is 1.73 bits per heavy atom. The molecule has 1 atom stereocenters. The van der Waals surface area contributed by atoms with E-state index in [0.717, 1.165) is 10.6 Å². The van der Waals surface area contributed by atoms with Crippen LogP contribution in [0.4, 0.5) is 0 Å². The lowest BCUT2D eigenvalue weighted by atomic mass is 10.2. The van der Waals surface area contributed by atoms with Crippen molar-refractivity contribution in [2.24, 2.45) is 0 Å². The van der Waals surface area contributed by atoms with Crippen molar-refractivity contribution in [2.45, 2.75) is 20.0 Å². The highest BCUT2D eigenvalue weighted by Gasteiger charge is 2.04. The van der Waals surface area contributed by atoms with Gasteiger partial charge in [0.2, 0.25) is 0 Å². The van der Waals surface area contributed by atoms with Crippen LogP contribution in [0.25, 0.3) is 0 Å². The molecule has 3 heteroatoms. The maximum Gasteiger partial charge on any atom is 0.125 e. The fourth-order valence-electron chi connectivity index (χ4n) is 0.768. The van der Waals surface area contributed by atoms with E-state index < -0.39 is 6.10 Å². The van der Waals surface area contributed by atoms with Crippen LogP contribution in [0, 0.1) is 0 Å². The molecule has 0 fully saturated rings. The average Bonchev–Trinajstić information content (AvgIpc) is 2.35. The fourth-order valence-corrected chi connectivity index (χ4v) is 1.36. The molecule has 0 bridgehead atoms. The molecule has 0 saturated heterocycles. The second-order valence-corrected chi connectivity index (χ2v) is 3.49. The van der Waals surface area contributed by atoms with Gasteiger partial charge in [-0.05, 0) is 13.8 Å². The molecule has 0 aromatic carbocycles. The Hall–Kier alpha value is -0.670. The van der Waals surface area contributed by atoms with Crippen LogP contribution in [0.3, 0.4) is 0 Å². The number of aliphatic hydroxyl groups excluding tert-OH is 1. The van der Waals surface area contributed by atoms with E-state index in [-0.39, 0.29) is 0 Å². The van der Waals surface area contributed by atoms with Crippen LogP contribution in [-0.2, 0) is 0 Å². The van der Waals surface area contributed by atoms with Gasteiger partial charge in [0.25, 0.3) is 0 Å². The molecule has 0 aliphatic carbocycles. The Balaban J connectivity index is 2.71. The minimum absolute atomic E-state index is 0.528. The summed E-state index contributed by atoms with van der Waals surface area (Å²) < 4.78 is 0. The van der Waals surface area contributed by atoms with Gasteiger partial charge in [-0.15, -0.1) is 11.3 Å². The van der Waals surface area contributed by atoms with Gasteiger partial charge in [-0.25, -0.2) is 4.98 Å². The molecule has 11 heavy (non-hydrogen) atoms. The lowest BCUT2D eigenvalue weighted by Crippen LogP contribution is -1.91. The summed E-state index contributed by atoms with van der Waals surface area (Å²) in [7, 11) is 0. The SMILES string of the molecule is CC(C)=CC(O)c1nccs1. The molecule has 1 aromatic heterocycles. The number of allylic oxidation sites excluding steroid dienone is 1. The van der Waals surface area contributed by atoms with E-state index in [1.807, 2.05) is 19.2 Å². The average molecular weight is 169 g/mol. The Labute approximate surface area is 70.2 Å². The summed E-state index contributed by atoms with van der Waals surface area (Å²) in [6.45, 7) is 3.91. The topological polar surface area (TPSA) is 33.1 Å². The first-order valence-corrected chi connectivity index (χ1v) is 4.30. The number of thiazole rings is 1. The molecular weight excluding hydrogens is 158 g/mol. The van der Waals surface area contributed by atoms with Crippen molar-refractivity contribution in [3.63, 3.8) is 0 Å². The molecule has 1 N–H and O–H groups in total. The molecular formula is C8H11NOS. The van der Waals surface area contributed by atoms with Crippen molar-refractivity contribution >= 4 is 11.3 Å². The lowest BCUT2D eigenvalue weighted by Gasteiger charge is -2.00. The van der Waals surface area contributed by atoms with Crippen LogP contribution in [0.5, 0.6) is 0 Å². The van der Waals surface area contributed by atoms with Gasteiger partial charge in [-0.1, -0.05) is 11.6 Å². The minimum Gasteiger partial charge on any atom is -0.382 e. The molecule has 0 aliphatic heterocycles. The van der Waals surface area contributed by atoms with E-state index in [1.165, 1.54) is 11.3 Å². The number of nitrogens with zero attached hydrogens (tertiary/aromatic N) is 1. The standard InChI is InChI=1S/C8H11NOS/c1-6(2)5-7(10)8-9-3-4-11-8/h3-5,7,10H,1-2H3. The van der Waals surface area contributed by atoms with Gasteiger partial charge >= 0.3 is 0 Å². The third-order valence-corrected chi connectivity index (χ3v) is 2.04. The van der Waals surface area contributed by atoms with Crippen molar-refractivity contribution in [3.8, 4) is 0 Å². The lowest BCUT2D eigenvalue weighted by molar-refractivity contribution is 0.227. The van der Waals surface area contributed by atoms with E-state index in [1.54, 1.807) is 12.3 Å². The molecule has 0 amide bonds. The van der Waals surface area contributed by atoms with Crippen LogP contribution < -0.4 is 0 Å². The van der Waals surface area contributed by atoms with E-state index in [9.17, 15) is 5.11 Å². The smallest absolute Gasteiger partial charge is 0.125 e. The monoisotopic (exact) mass is 169 g/mol. The zero-order valence-electron chi connectivity index (χ0n) is 6.61. The summed E-state index contributed by atoms with van der Waals surface area (Å²) in [5, 5.41) is 12.1. The Kier molecular flexibility index (Phi) is 2.79. The minimum atomic E-state index is -0.528. The second kappa shape index (κ2) is 3.64. The summed E-state index contributed by atoms with van der Waals surface area (Å²) in [6, 6.07) is 0. The first-order chi connectivity index (χ1) is 5.20. The Bertz CT molecular complexity index is 237. The fraction of sp³-hybridized carbons (Fsp3) is 0.375. The molecule has 0 aliphatic rings. The number of aliphatic hydroxyl groups is 1. The van der Waals surface area contributed by atoms with Crippen molar-refractivity contribution in [1.82, 2.24) is 4.98 Å². The Morgan fingerprint density at radius 3 is 2.91 bits per heavy atom. The predicted octanol–water partition coefficient (Wildman–Crippen LogP) is 2.14. The van der Waals surface area contributed by atoms with Gasteiger partial charge in [0.1, 0.15) is 11.1 Å². The number of hydrogen-bond donors (Lipinski definition) is 1. The second-order valence-electron chi connectivity index (χ2n) is 2.56. The molecule has 1 unspecified atom stereocenters. The van der Waals surface area contributed by atoms with Crippen molar-refractivity contribution in [1.29, 1.82) is 0 Å². The molecule has 1 rings (SSSR count). The van der Waals surface area contributed by atoms with E-state index in [4.69, 9.17) is 0 Å². The summed E-state index contributed by atoms with van der Waals surface area (Å²) in [5.74, 6) is 0. The normalized spacial score (nSPS) is 12.6. The molecule has 60 valence electrons. The van der Waals surface area contributed by atoms with Crippen LogP contribution in [0.15, 0.2) is 23.2 Å². The molecule has 0 radical (unpaired) electrons. The number of hydrogen-bond acceptors (Lipinski definition) is 3. The number of rotatable bonds is 2. The highest BCUT2D eigenvalue weighted by Crippen LogP contribution is 2.17. The summed E-state index contributed by atoms with van der Waals surface area (Å²) in [4.78, 5) is 3.99. The van der Waals surface area contributed by atoms with Crippen molar-refractivity contribution in [2.75, 3.05) is 0 Å². The van der Waals surface area contributed by atoms with Gasteiger partial charge in [-0.3, -0.25) is 0 Å². The van der Waals surface area contributed by atoms with Crippen LogP contribution in [-0.4, -0.2) is 10.1 Å². The van der Waals surface area contributed by atoms with Gasteiger partial charge in [0.05, 0.1) is 0 Å². The first kappa shape index (κ1) is 8.43. The van der Waals surface area contributed by atoms with Crippen LogP contribution >= 0.6 is 11.3 Å². The third-order valence-electron chi connectivity index (χ3n) is 1.20. The van der Waals surface area contributed by atoms with E-state index >= 15 is 0 Å². The maximum atomic E-state index is 9.45. The van der Waals surface area contributed by atoms with E-state index in [0.29, 0.717) is 0 Å². The predicted molar refractivity (Wildman–Crippen MR) is 46.5 cm³/mol. The van der Waals surface area contributed by atoms with Crippen LogP contribution in [0.1, 0.15) is 25.0 Å². The summed E-state index contributed by atoms with van der Waals surface area (Å²) >= 11 is 1.47. The molecule has 1 heterocycles. The molecule has 0 saturated carbocycles. The van der Waals surface area contributed by atoms with Crippen molar-refractivity contribution < 1.29 is 5.11 Å². The highest BCUT2D eigenvalue weighted by atomic mass is 32.1. The van der Waals surface area contributed by atoms with Crippen molar-refractivity contribution in [3.05, 3.63) is 28.2 Å². The number of aromatic nitrogens is 1. The molecule has 1 aromatic rings. The molecule has 0 spiro atoms. The van der Waals surface area contributed by atoms with E-state index in [2.05, 4.69) is 4.98 Å². The van der Waals surface area contributed by atoms with Gasteiger partial charge in [-0.2, -0.15) is 0 Å². The zero-order chi connectivity index (χ0) is 8.27. The summed E-state index contributed by atoms with van der Waals surface area (Å²) in [5.41, 5.74) is 1.10. The Morgan fingerprint density at radius 2 is 2.45 bits per heavy atom. The largest absolute Gasteiger partial charge is 0.382 e. The van der Waals surface area contributed by atoms with Gasteiger partial charge < -0.3 is 5.11 Å². The first-order valence-electron chi connectivity index (χ1n) is 3.42. The maximum absolute atomic E-state index is 9.45. The third kappa shape index (κ3) is 2.44. The highest BCUT2D eigenvalue weighted by molar-refractivity contribution is 7.09. The van der Waals surface area contributed by atoms with Crippen LogP contribution in [0.2, 0.25) is 0 Å². The zero-order valence-corrected chi connectivity index (χ0v) is 7.43. The summed E-state index contributed by atoms with van der Waals surface area (Å²) in [6.07, 6.45) is 2.96. The molecule has 2 nitrogen and oxygen atoms in total. The van der Waals surface area contributed by atoms with Gasteiger partial charge in [0, 0.05) is 11.6 Å². The quantitative estimate of drug-likeness (QED) is 0.688.